The summed E-state index contributed by atoms with van der Waals surface area (Å²) >= 11 is 0. The summed E-state index contributed by atoms with van der Waals surface area (Å²) < 4.78 is 97.2. The van der Waals surface area contributed by atoms with Gasteiger partial charge in [0.1, 0.15) is 18.3 Å². The summed E-state index contributed by atoms with van der Waals surface area (Å²) in [5.74, 6) is 0. The quantitative estimate of drug-likeness (QED) is 0.212. The van der Waals surface area contributed by atoms with Gasteiger partial charge in [-0.2, -0.15) is 0 Å². The minimum atomic E-state index is -5.34. The number of fused-ring (bicyclic) bond motifs is 1. The fourth-order valence-electron chi connectivity index (χ4n) is 3.00. The van der Waals surface area contributed by atoms with Gasteiger partial charge in [-0.1, -0.05) is 30.3 Å². The Labute approximate surface area is 218 Å². The molecule has 0 aliphatic carbocycles. The molecular weight excluding hydrogens is 470 g/mol. The van der Waals surface area contributed by atoms with Crippen LogP contribution in [0.15, 0.2) is 30.3 Å². The Kier molecular flexibility index (Phi) is 11.3. The van der Waals surface area contributed by atoms with E-state index in [0.717, 1.165) is 7.11 Å². The van der Waals surface area contributed by atoms with E-state index in [2.05, 4.69) is 8.37 Å². The van der Waals surface area contributed by atoms with Crippen molar-refractivity contribution in [1.29, 1.82) is 0 Å². The van der Waals surface area contributed by atoms with Crippen LogP contribution in [0.5, 0.6) is 0 Å². The van der Waals surface area contributed by atoms with E-state index in [1.165, 1.54) is 0 Å². The molecule has 12 nitrogen and oxygen atoms in total. The Morgan fingerprint density at radius 3 is 2.03 bits per heavy atom. The first-order valence-corrected chi connectivity index (χ1v) is 10.5. The van der Waals surface area contributed by atoms with Crippen molar-refractivity contribution < 1.29 is 112 Å². The summed E-state index contributed by atoms with van der Waals surface area (Å²) in [4.78, 5) is 0. The van der Waals surface area contributed by atoms with Gasteiger partial charge in [0.2, 0.25) is 20.8 Å². The third-order valence-electron chi connectivity index (χ3n) is 4.05. The van der Waals surface area contributed by atoms with Crippen molar-refractivity contribution in [3.8, 4) is 0 Å². The average Bonchev–Trinajstić information content (AvgIpc) is 2.61. The van der Waals surface area contributed by atoms with Crippen LogP contribution < -0.4 is 59.1 Å². The Morgan fingerprint density at radius 1 is 0.933 bits per heavy atom. The molecule has 1 unspecified atom stereocenters. The smallest absolute Gasteiger partial charge is 0.726 e. The van der Waals surface area contributed by atoms with E-state index in [4.69, 9.17) is 18.9 Å². The number of benzene rings is 1. The summed E-state index contributed by atoms with van der Waals surface area (Å²) in [6.07, 6.45) is -8.60. The van der Waals surface area contributed by atoms with Crippen molar-refractivity contribution in [1.82, 2.24) is 0 Å². The molecule has 16 heteroatoms. The van der Waals surface area contributed by atoms with Crippen LogP contribution in [-0.4, -0.2) is 70.4 Å². The number of hydrogen-bond donors (Lipinski definition) is 0. The van der Waals surface area contributed by atoms with E-state index in [1.807, 2.05) is 0 Å². The van der Waals surface area contributed by atoms with Gasteiger partial charge in [0, 0.05) is 12.7 Å². The van der Waals surface area contributed by atoms with E-state index in [0.29, 0.717) is 5.56 Å². The molecule has 0 spiro atoms. The van der Waals surface area contributed by atoms with Crippen LogP contribution >= 0.6 is 0 Å². The Hall–Kier alpha value is 0.800. The van der Waals surface area contributed by atoms with E-state index >= 15 is 0 Å². The average molecular weight is 486 g/mol. The second kappa shape index (κ2) is 11.8. The maximum absolute atomic E-state index is 11.2. The number of rotatable bonds is 6. The van der Waals surface area contributed by atoms with E-state index in [1.54, 1.807) is 30.3 Å². The van der Waals surface area contributed by atoms with Crippen LogP contribution in [0, 0.1) is 0 Å². The molecule has 2 heterocycles. The van der Waals surface area contributed by atoms with Gasteiger partial charge in [0.15, 0.2) is 18.7 Å². The van der Waals surface area contributed by atoms with E-state index in [9.17, 15) is 25.9 Å². The monoisotopic (exact) mass is 486 g/mol. The first-order chi connectivity index (χ1) is 13.1. The summed E-state index contributed by atoms with van der Waals surface area (Å²) in [5.41, 5.74) is 0.562. The zero-order valence-electron chi connectivity index (χ0n) is 16.3. The molecule has 2 aliphatic rings. The fraction of sp³-hybridized carbons (Fsp3) is 0.571. The molecular formula is C14H16Na2O12S2. The van der Waals surface area contributed by atoms with Gasteiger partial charge in [-0.25, -0.2) is 16.8 Å². The van der Waals surface area contributed by atoms with Crippen molar-refractivity contribution in [2.45, 2.75) is 37.0 Å². The Bertz CT molecular complexity index is 881. The van der Waals surface area contributed by atoms with Gasteiger partial charge in [-0.3, -0.25) is 8.37 Å². The van der Waals surface area contributed by atoms with Gasteiger partial charge in [-0.05, 0) is 0 Å². The zero-order valence-corrected chi connectivity index (χ0v) is 21.9. The number of methoxy groups -OCH3 is 1. The zero-order chi connectivity index (χ0) is 20.5. The van der Waals surface area contributed by atoms with Crippen LogP contribution in [0.2, 0.25) is 0 Å². The van der Waals surface area contributed by atoms with Crippen LogP contribution in [0.1, 0.15) is 11.9 Å². The molecule has 0 aromatic heterocycles. The maximum Gasteiger partial charge on any atom is 1.00 e. The first-order valence-electron chi connectivity index (χ1n) is 7.86. The van der Waals surface area contributed by atoms with Crippen molar-refractivity contribution in [2.75, 3.05) is 13.7 Å². The van der Waals surface area contributed by atoms with Gasteiger partial charge in [-0.15, -0.1) is 0 Å². The normalized spacial score (nSPS) is 31.7. The summed E-state index contributed by atoms with van der Waals surface area (Å²) in [5, 5.41) is 0. The van der Waals surface area contributed by atoms with Crippen molar-refractivity contribution in [2.24, 2.45) is 0 Å². The van der Waals surface area contributed by atoms with Crippen LogP contribution in [0.25, 0.3) is 0 Å². The number of hydrogen-bond acceptors (Lipinski definition) is 12. The van der Waals surface area contributed by atoms with E-state index in [-0.39, 0.29) is 65.7 Å². The van der Waals surface area contributed by atoms with Crippen molar-refractivity contribution >= 4 is 20.8 Å². The second-order valence-electron chi connectivity index (χ2n) is 5.89. The van der Waals surface area contributed by atoms with Gasteiger partial charge in [0.25, 0.3) is 0 Å². The molecule has 2 saturated heterocycles. The third kappa shape index (κ3) is 7.69. The first kappa shape index (κ1) is 28.8. The molecule has 0 N–H and O–H groups in total. The summed E-state index contributed by atoms with van der Waals surface area (Å²) in [7, 11) is -9.57. The van der Waals surface area contributed by atoms with Crippen LogP contribution in [-0.2, 0) is 48.1 Å². The van der Waals surface area contributed by atoms with Crippen LogP contribution in [0.3, 0.4) is 0 Å². The van der Waals surface area contributed by atoms with Gasteiger partial charge in [0.05, 0.1) is 6.61 Å². The molecule has 3 rings (SSSR count). The predicted octanol–water partition coefficient (Wildman–Crippen LogP) is -6.83. The standard InChI is InChI=1S/C14H18O12S2.2Na/c1-21-14-12(26-28(18,19)20)11(25-27(15,16)17)10-9(23-14)7-22-13(24-10)8-5-3-2-4-6-8;;/h2-6,9-14H,7H2,1H3,(H,15,16,17)(H,18,19,20);;/q;2*+1/p-2/t9-,10-,11+,12-,13?,14-;;/m0../s1. The molecule has 1 aromatic carbocycles. The van der Waals surface area contributed by atoms with Crippen molar-refractivity contribution in [3.05, 3.63) is 35.9 Å². The predicted molar refractivity (Wildman–Crippen MR) is 84.8 cm³/mol. The molecule has 0 radical (unpaired) electrons. The number of ether oxygens (including phenoxy) is 4. The van der Waals surface area contributed by atoms with Gasteiger partial charge >= 0.3 is 59.1 Å². The fourth-order valence-corrected chi connectivity index (χ4v) is 3.96. The SMILES string of the molecule is CO[C@H]1O[C@H]2COC(c3ccccc3)O[C@@H]2[C@@H](OS(=O)(=O)[O-])[C@@H]1OS(=O)(=O)[O-].[Na+].[Na+]. The maximum atomic E-state index is 11.2. The molecule has 158 valence electrons. The van der Waals surface area contributed by atoms with Crippen LogP contribution in [0.4, 0.5) is 0 Å². The minimum absolute atomic E-state index is 0. The summed E-state index contributed by atoms with van der Waals surface area (Å²) in [6, 6.07) is 8.50. The van der Waals surface area contributed by atoms with Gasteiger partial charge < -0.3 is 28.1 Å². The topological polar surface area (TPSA) is 170 Å². The largest absolute Gasteiger partial charge is 1.00 e. The molecule has 0 bridgehead atoms. The third-order valence-corrected chi connectivity index (χ3v) is 4.96. The van der Waals surface area contributed by atoms with Crippen molar-refractivity contribution in [3.63, 3.8) is 0 Å². The molecule has 1 aromatic rings. The molecule has 0 amide bonds. The molecule has 30 heavy (non-hydrogen) atoms. The van der Waals surface area contributed by atoms with E-state index < -0.39 is 57.8 Å². The Balaban J connectivity index is 0.00000225. The molecule has 6 atom stereocenters. The minimum Gasteiger partial charge on any atom is -0.726 e. The molecule has 0 saturated carbocycles. The summed E-state index contributed by atoms with van der Waals surface area (Å²) in [6.45, 7) is -0.125. The molecule has 2 aliphatic heterocycles. The molecule has 2 fully saturated rings. The second-order valence-corrected chi connectivity index (χ2v) is 7.91. The Morgan fingerprint density at radius 2 is 1.50 bits per heavy atom.